The monoisotopic (exact) mass is 484 g/mol. The minimum Gasteiger partial charge on any atom is -0.481 e. The number of aromatic nitrogens is 1. The Bertz CT molecular complexity index is 1470. The van der Waals surface area contributed by atoms with Crippen LogP contribution in [0.2, 0.25) is 0 Å². The standard InChI is InChI=1S/C24H24N2O7S/c1-14(8-22(27)28)26-20-11-21-16(10-19(23(29)33-21)15-4-6-25-7-5-15)9-18(20)17(12-24(26,2)3)13-34(30,31)32/h4-7,9-12,14H,8,13H2,1-3H3,(H,27,28)(H,30,31,32). The molecule has 1 aromatic carbocycles. The fourth-order valence-corrected chi connectivity index (χ4v) is 5.33. The van der Waals surface area contributed by atoms with Crippen LogP contribution in [0.5, 0.6) is 0 Å². The zero-order valence-corrected chi connectivity index (χ0v) is 19.7. The van der Waals surface area contributed by atoms with Crippen LogP contribution in [0.3, 0.4) is 0 Å². The van der Waals surface area contributed by atoms with Crippen molar-refractivity contribution in [1.82, 2.24) is 4.98 Å². The molecule has 1 aliphatic rings. The molecule has 4 rings (SSSR count). The quantitative estimate of drug-likeness (QED) is 0.397. The summed E-state index contributed by atoms with van der Waals surface area (Å²) in [4.78, 5) is 30.0. The maximum absolute atomic E-state index is 12.7. The third kappa shape index (κ3) is 4.59. The summed E-state index contributed by atoms with van der Waals surface area (Å²) in [7, 11) is -4.35. The van der Waals surface area contributed by atoms with Crippen LogP contribution in [0.4, 0.5) is 5.69 Å². The lowest BCUT2D eigenvalue weighted by atomic mass is 9.86. The molecule has 3 aromatic rings. The second kappa shape index (κ2) is 8.37. The SMILES string of the molecule is CC(CC(=O)O)N1c2cc3oc(=O)c(-c4ccncc4)cc3cc2C(CS(=O)(=O)O)=CC1(C)C. The molecule has 34 heavy (non-hydrogen) atoms. The van der Waals surface area contributed by atoms with Crippen LogP contribution in [0.15, 0.2) is 58.0 Å². The van der Waals surface area contributed by atoms with Gasteiger partial charge in [0.1, 0.15) is 11.3 Å². The number of hydrogen-bond donors (Lipinski definition) is 2. The van der Waals surface area contributed by atoms with Crippen molar-refractivity contribution in [2.24, 2.45) is 0 Å². The normalized spacial score (nSPS) is 16.1. The minimum atomic E-state index is -4.35. The number of carboxylic acid groups (broad SMARTS) is 1. The maximum Gasteiger partial charge on any atom is 0.344 e. The van der Waals surface area contributed by atoms with Crippen molar-refractivity contribution in [2.75, 3.05) is 10.7 Å². The van der Waals surface area contributed by atoms with Crippen molar-refractivity contribution in [3.05, 3.63) is 64.8 Å². The van der Waals surface area contributed by atoms with Gasteiger partial charge in [0.25, 0.3) is 10.1 Å². The van der Waals surface area contributed by atoms with Crippen LogP contribution >= 0.6 is 0 Å². The Hall–Kier alpha value is -3.50. The van der Waals surface area contributed by atoms with E-state index in [0.717, 1.165) is 0 Å². The van der Waals surface area contributed by atoms with Gasteiger partial charge in [0.05, 0.1) is 17.5 Å². The van der Waals surface area contributed by atoms with Crippen LogP contribution in [-0.2, 0) is 14.9 Å². The Balaban J connectivity index is 1.98. The molecule has 3 heterocycles. The second-order valence-electron chi connectivity index (χ2n) is 8.96. The number of pyridine rings is 1. The van der Waals surface area contributed by atoms with Gasteiger partial charge >= 0.3 is 11.6 Å². The molecule has 0 spiro atoms. The van der Waals surface area contributed by atoms with Crippen molar-refractivity contribution in [2.45, 2.75) is 38.8 Å². The van der Waals surface area contributed by atoms with E-state index in [0.29, 0.717) is 33.3 Å². The molecule has 0 saturated carbocycles. The van der Waals surface area contributed by atoms with E-state index < -0.39 is 39.0 Å². The largest absolute Gasteiger partial charge is 0.481 e. The van der Waals surface area contributed by atoms with E-state index in [-0.39, 0.29) is 12.0 Å². The van der Waals surface area contributed by atoms with Gasteiger partial charge in [-0.05, 0) is 56.2 Å². The Kier molecular flexibility index (Phi) is 5.82. The molecule has 1 unspecified atom stereocenters. The molecule has 1 atom stereocenters. The van der Waals surface area contributed by atoms with Gasteiger partial charge in [0.2, 0.25) is 0 Å². The van der Waals surface area contributed by atoms with E-state index in [1.54, 1.807) is 55.7 Å². The molecular formula is C24H24N2O7S. The maximum atomic E-state index is 12.7. The third-order valence-electron chi connectivity index (χ3n) is 5.84. The van der Waals surface area contributed by atoms with Crippen LogP contribution in [0, 0.1) is 0 Å². The third-order valence-corrected chi connectivity index (χ3v) is 6.52. The van der Waals surface area contributed by atoms with Crippen LogP contribution in [0.1, 0.15) is 32.8 Å². The van der Waals surface area contributed by atoms with Crippen molar-refractivity contribution in [1.29, 1.82) is 0 Å². The highest BCUT2D eigenvalue weighted by molar-refractivity contribution is 7.86. The Morgan fingerprint density at radius 3 is 2.44 bits per heavy atom. The smallest absolute Gasteiger partial charge is 0.344 e. The van der Waals surface area contributed by atoms with E-state index in [2.05, 4.69) is 4.98 Å². The number of rotatable bonds is 6. The number of anilines is 1. The minimum absolute atomic E-state index is 0.159. The summed E-state index contributed by atoms with van der Waals surface area (Å²) < 4.78 is 38.8. The summed E-state index contributed by atoms with van der Waals surface area (Å²) in [6.45, 7) is 5.41. The summed E-state index contributed by atoms with van der Waals surface area (Å²) in [5.41, 5.74) is 1.29. The summed E-state index contributed by atoms with van der Waals surface area (Å²) in [6.07, 6.45) is 4.68. The Morgan fingerprint density at radius 1 is 1.18 bits per heavy atom. The van der Waals surface area contributed by atoms with Gasteiger partial charge in [-0.2, -0.15) is 8.42 Å². The first-order chi connectivity index (χ1) is 15.9. The van der Waals surface area contributed by atoms with Gasteiger partial charge < -0.3 is 14.4 Å². The average Bonchev–Trinajstić information content (AvgIpc) is 2.70. The molecule has 2 aromatic heterocycles. The summed E-state index contributed by atoms with van der Waals surface area (Å²) in [5, 5.41) is 9.92. The molecule has 0 aliphatic carbocycles. The highest BCUT2D eigenvalue weighted by Crippen LogP contribution is 2.43. The van der Waals surface area contributed by atoms with E-state index in [4.69, 9.17) is 4.42 Å². The highest BCUT2D eigenvalue weighted by atomic mass is 32.2. The first kappa shape index (κ1) is 23.7. The Labute approximate surface area is 196 Å². The van der Waals surface area contributed by atoms with E-state index in [9.17, 15) is 27.7 Å². The molecular weight excluding hydrogens is 460 g/mol. The molecule has 9 nitrogen and oxygen atoms in total. The number of aliphatic carboxylic acids is 1. The summed E-state index contributed by atoms with van der Waals surface area (Å²) >= 11 is 0. The van der Waals surface area contributed by atoms with Gasteiger partial charge in [0.15, 0.2) is 0 Å². The van der Waals surface area contributed by atoms with Gasteiger partial charge in [-0.3, -0.25) is 14.3 Å². The van der Waals surface area contributed by atoms with E-state index in [1.807, 2.05) is 18.7 Å². The number of hydrogen-bond acceptors (Lipinski definition) is 7. The molecule has 0 radical (unpaired) electrons. The van der Waals surface area contributed by atoms with Crippen molar-refractivity contribution >= 4 is 38.3 Å². The van der Waals surface area contributed by atoms with Crippen molar-refractivity contribution in [3.8, 4) is 11.1 Å². The fraction of sp³-hybridized carbons (Fsp3) is 0.292. The van der Waals surface area contributed by atoms with E-state index >= 15 is 0 Å². The summed E-state index contributed by atoms with van der Waals surface area (Å²) in [6, 6.07) is 7.88. The summed E-state index contributed by atoms with van der Waals surface area (Å²) in [5.74, 6) is -1.59. The molecule has 0 amide bonds. The second-order valence-corrected chi connectivity index (χ2v) is 10.4. The molecule has 0 fully saturated rings. The fourth-order valence-electron chi connectivity index (χ4n) is 4.69. The van der Waals surface area contributed by atoms with Crippen molar-refractivity contribution in [3.63, 3.8) is 0 Å². The van der Waals surface area contributed by atoms with E-state index in [1.165, 1.54) is 0 Å². The van der Waals surface area contributed by atoms with Gasteiger partial charge in [-0.1, -0.05) is 6.08 Å². The van der Waals surface area contributed by atoms with Gasteiger partial charge in [-0.25, -0.2) is 4.79 Å². The topological polar surface area (TPSA) is 138 Å². The average molecular weight is 485 g/mol. The molecule has 178 valence electrons. The van der Waals surface area contributed by atoms with Gasteiger partial charge in [0, 0.05) is 41.1 Å². The number of nitrogens with zero attached hydrogens (tertiary/aromatic N) is 2. The predicted molar refractivity (Wildman–Crippen MR) is 128 cm³/mol. The van der Waals surface area contributed by atoms with Crippen LogP contribution in [-0.4, -0.2) is 46.4 Å². The first-order valence-electron chi connectivity index (χ1n) is 10.6. The molecule has 1 aliphatic heterocycles. The van der Waals surface area contributed by atoms with Crippen LogP contribution in [0.25, 0.3) is 27.7 Å². The lowest BCUT2D eigenvalue weighted by Gasteiger charge is -2.46. The van der Waals surface area contributed by atoms with Crippen LogP contribution < -0.4 is 10.5 Å². The lowest BCUT2D eigenvalue weighted by molar-refractivity contribution is -0.137. The van der Waals surface area contributed by atoms with Gasteiger partial charge in [-0.15, -0.1) is 0 Å². The number of fused-ring (bicyclic) bond motifs is 2. The zero-order chi connectivity index (χ0) is 24.8. The number of benzene rings is 1. The molecule has 2 N–H and O–H groups in total. The molecule has 0 saturated heterocycles. The molecule has 10 heteroatoms. The Morgan fingerprint density at radius 2 is 1.82 bits per heavy atom. The predicted octanol–water partition coefficient (Wildman–Crippen LogP) is 3.59. The zero-order valence-electron chi connectivity index (χ0n) is 18.8. The lowest BCUT2D eigenvalue weighted by Crippen LogP contribution is -2.51. The van der Waals surface area contributed by atoms with Crippen molar-refractivity contribution < 1.29 is 27.3 Å². The number of carboxylic acids is 1. The highest BCUT2D eigenvalue weighted by Gasteiger charge is 2.37. The number of carbonyl (C=O) groups is 1. The first-order valence-corrected chi connectivity index (χ1v) is 12.2. The molecule has 0 bridgehead atoms.